The summed E-state index contributed by atoms with van der Waals surface area (Å²) >= 11 is 0. The van der Waals surface area contributed by atoms with Gasteiger partial charge in [0.15, 0.2) is 0 Å². The molecule has 0 fully saturated rings. The van der Waals surface area contributed by atoms with Gasteiger partial charge in [0.1, 0.15) is 5.82 Å². The van der Waals surface area contributed by atoms with Gasteiger partial charge in [-0.3, -0.25) is 5.01 Å². The van der Waals surface area contributed by atoms with Crippen LogP contribution in [0, 0.1) is 5.92 Å². The molecule has 0 radical (unpaired) electrons. The zero-order valence-electron chi connectivity index (χ0n) is 9.01. The number of rotatable bonds is 4. The second kappa shape index (κ2) is 5.37. The molecule has 0 bridgehead atoms. The van der Waals surface area contributed by atoms with Crippen LogP contribution in [0.4, 0.5) is 5.82 Å². The molecule has 0 spiro atoms. The van der Waals surface area contributed by atoms with Crippen LogP contribution in [0.5, 0.6) is 0 Å². The lowest BCUT2D eigenvalue weighted by atomic mass is 10.1. The van der Waals surface area contributed by atoms with Gasteiger partial charge < -0.3 is 0 Å². The fourth-order valence-corrected chi connectivity index (χ4v) is 0.924. The summed E-state index contributed by atoms with van der Waals surface area (Å²) in [6, 6.07) is 5.79. The molecule has 0 unspecified atom stereocenters. The maximum atomic E-state index is 4.31. The molecular formula is C11H17N3. The molecule has 0 N–H and O–H groups in total. The molecule has 0 amide bonds. The van der Waals surface area contributed by atoms with Gasteiger partial charge in [-0.05, 0) is 24.5 Å². The summed E-state index contributed by atoms with van der Waals surface area (Å²) in [6.07, 6.45) is 4.83. The van der Waals surface area contributed by atoms with E-state index in [9.17, 15) is 0 Å². The first-order valence-electron chi connectivity index (χ1n) is 4.93. The lowest BCUT2D eigenvalue weighted by Crippen LogP contribution is -2.11. The van der Waals surface area contributed by atoms with Crippen LogP contribution in [-0.4, -0.2) is 18.2 Å². The molecule has 0 saturated heterocycles. The van der Waals surface area contributed by atoms with Gasteiger partial charge in [0.25, 0.3) is 0 Å². The summed E-state index contributed by atoms with van der Waals surface area (Å²) in [5.74, 6) is 1.38. The van der Waals surface area contributed by atoms with E-state index in [-0.39, 0.29) is 0 Å². The number of hydrazone groups is 1. The van der Waals surface area contributed by atoms with Crippen molar-refractivity contribution in [2.24, 2.45) is 11.0 Å². The summed E-state index contributed by atoms with van der Waals surface area (Å²) < 4.78 is 0. The third-order valence-corrected chi connectivity index (χ3v) is 2.12. The van der Waals surface area contributed by atoms with Gasteiger partial charge >= 0.3 is 0 Å². The van der Waals surface area contributed by atoms with Crippen molar-refractivity contribution in [3.8, 4) is 0 Å². The SMILES string of the molecule is CC[C@@H](C)/C=N\N(C)c1ccccn1. The number of nitrogens with zero attached hydrogens (tertiary/aromatic N) is 3. The number of aromatic nitrogens is 1. The van der Waals surface area contributed by atoms with E-state index < -0.39 is 0 Å². The van der Waals surface area contributed by atoms with Crippen molar-refractivity contribution in [2.45, 2.75) is 20.3 Å². The summed E-state index contributed by atoms with van der Waals surface area (Å²) in [6.45, 7) is 4.30. The van der Waals surface area contributed by atoms with E-state index in [0.29, 0.717) is 5.92 Å². The van der Waals surface area contributed by atoms with Crippen LogP contribution in [0.1, 0.15) is 20.3 Å². The highest BCUT2D eigenvalue weighted by Gasteiger charge is 1.98. The molecule has 0 aliphatic carbocycles. The maximum absolute atomic E-state index is 4.31. The first-order valence-corrected chi connectivity index (χ1v) is 4.93. The molecular weight excluding hydrogens is 174 g/mol. The largest absolute Gasteiger partial charge is 0.251 e. The van der Waals surface area contributed by atoms with Gasteiger partial charge in [-0.15, -0.1) is 0 Å². The van der Waals surface area contributed by atoms with E-state index >= 15 is 0 Å². The monoisotopic (exact) mass is 191 g/mol. The van der Waals surface area contributed by atoms with Crippen LogP contribution in [0.3, 0.4) is 0 Å². The maximum Gasteiger partial charge on any atom is 0.148 e. The Labute approximate surface area is 85.5 Å². The lowest BCUT2D eigenvalue weighted by Gasteiger charge is -2.11. The van der Waals surface area contributed by atoms with Gasteiger partial charge in [-0.25, -0.2) is 4.98 Å². The Morgan fingerprint density at radius 1 is 1.57 bits per heavy atom. The van der Waals surface area contributed by atoms with Crippen molar-refractivity contribution in [1.29, 1.82) is 0 Å². The molecule has 14 heavy (non-hydrogen) atoms. The van der Waals surface area contributed by atoms with E-state index in [1.807, 2.05) is 31.5 Å². The second-order valence-electron chi connectivity index (χ2n) is 3.36. The van der Waals surface area contributed by atoms with E-state index in [0.717, 1.165) is 12.2 Å². The highest BCUT2D eigenvalue weighted by molar-refractivity contribution is 5.61. The van der Waals surface area contributed by atoms with Crippen molar-refractivity contribution < 1.29 is 0 Å². The van der Waals surface area contributed by atoms with Crippen LogP contribution in [0.15, 0.2) is 29.5 Å². The van der Waals surface area contributed by atoms with Crippen LogP contribution in [-0.2, 0) is 0 Å². The van der Waals surface area contributed by atoms with Gasteiger partial charge in [0.05, 0.1) is 0 Å². The third kappa shape index (κ3) is 3.17. The Kier molecular flexibility index (Phi) is 4.11. The van der Waals surface area contributed by atoms with Crippen molar-refractivity contribution in [3.05, 3.63) is 24.4 Å². The highest BCUT2D eigenvalue weighted by Crippen LogP contribution is 2.07. The molecule has 3 heteroatoms. The average molecular weight is 191 g/mol. The first kappa shape index (κ1) is 10.7. The Morgan fingerprint density at radius 3 is 2.93 bits per heavy atom. The lowest BCUT2D eigenvalue weighted by molar-refractivity contribution is 0.748. The highest BCUT2D eigenvalue weighted by atomic mass is 15.5. The molecule has 1 atom stereocenters. The van der Waals surface area contributed by atoms with Crippen molar-refractivity contribution in [2.75, 3.05) is 12.1 Å². The minimum Gasteiger partial charge on any atom is -0.251 e. The molecule has 3 nitrogen and oxygen atoms in total. The van der Waals surface area contributed by atoms with Crippen molar-refractivity contribution >= 4 is 12.0 Å². The molecule has 1 aromatic rings. The second-order valence-corrected chi connectivity index (χ2v) is 3.36. The summed E-state index contributed by atoms with van der Waals surface area (Å²) in [4.78, 5) is 4.19. The van der Waals surface area contributed by atoms with E-state index in [4.69, 9.17) is 0 Å². The normalized spacial score (nSPS) is 13.1. The molecule has 0 saturated carbocycles. The van der Waals surface area contributed by atoms with Gasteiger partial charge in [0, 0.05) is 19.5 Å². The number of pyridine rings is 1. The fourth-order valence-electron chi connectivity index (χ4n) is 0.924. The fraction of sp³-hybridized carbons (Fsp3) is 0.455. The van der Waals surface area contributed by atoms with Crippen LogP contribution in [0.25, 0.3) is 0 Å². The Balaban J connectivity index is 2.59. The molecule has 76 valence electrons. The Bertz CT molecular complexity index is 282. The third-order valence-electron chi connectivity index (χ3n) is 2.12. The van der Waals surface area contributed by atoms with Gasteiger partial charge in [-0.2, -0.15) is 5.10 Å². The van der Waals surface area contributed by atoms with Crippen LogP contribution >= 0.6 is 0 Å². The van der Waals surface area contributed by atoms with E-state index in [2.05, 4.69) is 23.9 Å². The molecule has 0 aromatic carbocycles. The Hall–Kier alpha value is -1.38. The predicted octanol–water partition coefficient (Wildman–Crippen LogP) is 2.55. The number of hydrogen-bond acceptors (Lipinski definition) is 3. The molecule has 1 rings (SSSR count). The predicted molar refractivity (Wildman–Crippen MR) is 60.6 cm³/mol. The minimum absolute atomic E-state index is 0.515. The van der Waals surface area contributed by atoms with Crippen molar-refractivity contribution in [3.63, 3.8) is 0 Å². The summed E-state index contributed by atoms with van der Waals surface area (Å²) in [7, 11) is 1.90. The number of anilines is 1. The zero-order valence-corrected chi connectivity index (χ0v) is 9.01. The molecule has 1 aromatic heterocycles. The average Bonchev–Trinajstić information content (AvgIpc) is 2.26. The Morgan fingerprint density at radius 2 is 2.36 bits per heavy atom. The number of hydrogen-bond donors (Lipinski definition) is 0. The topological polar surface area (TPSA) is 28.5 Å². The first-order chi connectivity index (χ1) is 6.74. The van der Waals surface area contributed by atoms with Crippen molar-refractivity contribution in [1.82, 2.24) is 4.98 Å². The molecule has 0 aliphatic heterocycles. The quantitative estimate of drug-likeness (QED) is 0.540. The summed E-state index contributed by atoms with van der Waals surface area (Å²) in [5, 5.41) is 6.09. The summed E-state index contributed by atoms with van der Waals surface area (Å²) in [5.41, 5.74) is 0. The van der Waals surface area contributed by atoms with E-state index in [1.54, 1.807) is 11.2 Å². The molecule has 0 aliphatic rings. The van der Waals surface area contributed by atoms with Crippen LogP contribution in [0.2, 0.25) is 0 Å². The smallest absolute Gasteiger partial charge is 0.148 e. The van der Waals surface area contributed by atoms with Gasteiger partial charge in [-0.1, -0.05) is 19.9 Å². The minimum atomic E-state index is 0.515. The molecule has 1 heterocycles. The van der Waals surface area contributed by atoms with Gasteiger partial charge in [0.2, 0.25) is 0 Å². The standard InChI is InChI=1S/C11H17N3/c1-4-10(2)9-13-14(3)11-7-5-6-8-12-11/h5-10H,4H2,1-3H3/b13-9-/t10-/m1/s1. The van der Waals surface area contributed by atoms with Crippen LogP contribution < -0.4 is 5.01 Å². The van der Waals surface area contributed by atoms with E-state index in [1.165, 1.54) is 0 Å². The zero-order chi connectivity index (χ0) is 10.4.